The summed E-state index contributed by atoms with van der Waals surface area (Å²) in [4.78, 5) is 12.0. The summed E-state index contributed by atoms with van der Waals surface area (Å²) >= 11 is 6.40. The molecule has 0 saturated carbocycles. The van der Waals surface area contributed by atoms with E-state index in [9.17, 15) is 0 Å². The fourth-order valence-electron chi connectivity index (χ4n) is 4.54. The molecule has 5 rings (SSSR count). The van der Waals surface area contributed by atoms with E-state index in [1.54, 1.807) is 0 Å². The number of nitrogens with one attached hydrogen (secondary N) is 2. The quantitative estimate of drug-likeness (QED) is 0.363. The summed E-state index contributed by atoms with van der Waals surface area (Å²) in [5.41, 5.74) is 1.13. The molecule has 4 aliphatic rings. The molecule has 1 aromatic carbocycles. The molecule has 4 fully saturated rings. The number of guanidine groups is 1. The zero-order chi connectivity index (χ0) is 18.6. The van der Waals surface area contributed by atoms with Crippen molar-refractivity contribution in [1.29, 1.82) is 0 Å². The molecule has 0 radical (unpaired) electrons. The van der Waals surface area contributed by atoms with Crippen molar-refractivity contribution < 1.29 is 0 Å². The zero-order valence-electron chi connectivity index (χ0n) is 16.6. The summed E-state index contributed by atoms with van der Waals surface area (Å²) in [5.74, 6) is 0.915. The molecular weight excluding hydrogens is 487 g/mol. The van der Waals surface area contributed by atoms with Gasteiger partial charge in [-0.15, -0.1) is 24.0 Å². The predicted octanol–water partition coefficient (Wildman–Crippen LogP) is 2.09. The van der Waals surface area contributed by atoms with E-state index in [1.165, 1.54) is 32.7 Å². The van der Waals surface area contributed by atoms with Crippen molar-refractivity contribution in [3.05, 3.63) is 29.3 Å². The normalized spacial score (nSPS) is 29.9. The van der Waals surface area contributed by atoms with E-state index in [2.05, 4.69) is 42.5 Å². The highest BCUT2D eigenvalue weighted by Crippen LogP contribution is 2.27. The Labute approximate surface area is 190 Å². The lowest BCUT2D eigenvalue weighted by molar-refractivity contribution is 0.0154. The van der Waals surface area contributed by atoms with Crippen LogP contribution in [0.5, 0.6) is 0 Å². The number of hydrogen-bond acceptors (Lipinski definition) is 4. The number of nitrogens with zero attached hydrogens (tertiary/aromatic N) is 4. The lowest BCUT2D eigenvalue weighted by Crippen LogP contribution is -2.64. The zero-order valence-corrected chi connectivity index (χ0v) is 19.7. The first-order chi connectivity index (χ1) is 13.2. The Hall–Kier alpha value is -0.770. The lowest BCUT2D eigenvalue weighted by atomic mass is 10.0. The first kappa shape index (κ1) is 21.9. The third-order valence-corrected chi connectivity index (χ3v) is 6.40. The van der Waals surface area contributed by atoms with Gasteiger partial charge < -0.3 is 15.5 Å². The van der Waals surface area contributed by atoms with Crippen LogP contribution in [0.1, 0.15) is 12.8 Å². The highest BCUT2D eigenvalue weighted by Gasteiger charge is 2.31. The number of rotatable bonds is 4. The van der Waals surface area contributed by atoms with E-state index in [0.717, 1.165) is 49.1 Å². The SMILES string of the molecule is CN=C(NCC1CN2CCN1CC2)NC1CCCN(c2ccccc2Cl)C1.I. The van der Waals surface area contributed by atoms with Crippen LogP contribution in [-0.4, -0.2) is 87.2 Å². The Bertz CT molecular complexity index is 664. The molecule has 4 aliphatic heterocycles. The summed E-state index contributed by atoms with van der Waals surface area (Å²) in [5, 5.41) is 8.02. The Morgan fingerprint density at radius 3 is 2.61 bits per heavy atom. The van der Waals surface area contributed by atoms with Crippen LogP contribution in [0.2, 0.25) is 5.02 Å². The third kappa shape index (κ3) is 5.23. The van der Waals surface area contributed by atoms with Gasteiger partial charge in [-0.05, 0) is 25.0 Å². The largest absolute Gasteiger partial charge is 0.368 e. The van der Waals surface area contributed by atoms with Crippen LogP contribution in [0.3, 0.4) is 0 Å². The van der Waals surface area contributed by atoms with Crippen molar-refractivity contribution in [3.8, 4) is 0 Å². The lowest BCUT2D eigenvalue weighted by Gasteiger charge is -2.47. The average Bonchev–Trinajstić information content (AvgIpc) is 2.72. The highest BCUT2D eigenvalue weighted by atomic mass is 127. The smallest absolute Gasteiger partial charge is 0.191 e. The molecule has 0 amide bonds. The minimum Gasteiger partial charge on any atom is -0.368 e. The second-order valence-electron chi connectivity index (χ2n) is 7.82. The van der Waals surface area contributed by atoms with Crippen molar-refractivity contribution in [2.45, 2.75) is 24.9 Å². The number of aliphatic imine (C=N–C) groups is 1. The van der Waals surface area contributed by atoms with Gasteiger partial charge in [-0.3, -0.25) is 14.8 Å². The van der Waals surface area contributed by atoms with E-state index in [0.29, 0.717) is 12.1 Å². The van der Waals surface area contributed by atoms with Crippen LogP contribution in [0.25, 0.3) is 0 Å². The molecular formula is C20H32ClIN6. The first-order valence-electron chi connectivity index (χ1n) is 10.2. The number of benzene rings is 1. The van der Waals surface area contributed by atoms with Gasteiger partial charge in [-0.25, -0.2) is 0 Å². The van der Waals surface area contributed by atoms with E-state index in [1.807, 2.05) is 19.2 Å². The third-order valence-electron chi connectivity index (χ3n) is 6.08. The summed E-state index contributed by atoms with van der Waals surface area (Å²) in [6.07, 6.45) is 2.32. The van der Waals surface area contributed by atoms with E-state index in [-0.39, 0.29) is 24.0 Å². The van der Waals surface area contributed by atoms with Gasteiger partial charge in [0.2, 0.25) is 0 Å². The highest BCUT2D eigenvalue weighted by molar-refractivity contribution is 14.0. The molecule has 2 atom stereocenters. The molecule has 2 N–H and O–H groups in total. The summed E-state index contributed by atoms with van der Waals surface area (Å²) in [7, 11) is 1.86. The number of anilines is 1. The van der Waals surface area contributed by atoms with Gasteiger partial charge in [0.1, 0.15) is 0 Å². The Morgan fingerprint density at radius 1 is 1.14 bits per heavy atom. The first-order valence-corrected chi connectivity index (χ1v) is 10.5. The molecule has 0 aliphatic carbocycles. The van der Waals surface area contributed by atoms with Gasteiger partial charge in [0, 0.05) is 71.5 Å². The number of fused-ring (bicyclic) bond motifs is 3. The molecule has 0 aromatic heterocycles. The molecule has 156 valence electrons. The molecule has 28 heavy (non-hydrogen) atoms. The summed E-state index contributed by atoms with van der Waals surface area (Å²) in [6, 6.07) is 9.10. The fourth-order valence-corrected chi connectivity index (χ4v) is 4.80. The molecule has 2 unspecified atom stereocenters. The Balaban J connectivity index is 0.00000225. The van der Waals surface area contributed by atoms with Gasteiger partial charge in [-0.2, -0.15) is 0 Å². The van der Waals surface area contributed by atoms with E-state index in [4.69, 9.17) is 11.6 Å². The standard InChI is InChI=1S/C20H31ClN6.HI/c1-22-20(23-13-17-15-25-9-11-26(17)12-10-25)24-16-5-4-8-27(14-16)19-7-3-2-6-18(19)21;/h2-3,6-7,16-17H,4-5,8-15H2,1H3,(H2,22,23,24);1H. The Morgan fingerprint density at radius 2 is 1.93 bits per heavy atom. The van der Waals surface area contributed by atoms with Crippen LogP contribution in [0, 0.1) is 0 Å². The molecule has 4 heterocycles. The maximum atomic E-state index is 6.40. The second-order valence-corrected chi connectivity index (χ2v) is 8.23. The van der Waals surface area contributed by atoms with Gasteiger partial charge >= 0.3 is 0 Å². The number of halogens is 2. The molecule has 6 nitrogen and oxygen atoms in total. The minimum absolute atomic E-state index is 0. The number of piperidine rings is 1. The number of para-hydroxylation sites is 1. The van der Waals surface area contributed by atoms with E-state index >= 15 is 0 Å². The van der Waals surface area contributed by atoms with Gasteiger partial charge in [-0.1, -0.05) is 23.7 Å². The molecule has 8 heteroatoms. The van der Waals surface area contributed by atoms with Crippen LogP contribution in [-0.2, 0) is 0 Å². The minimum atomic E-state index is 0. The topological polar surface area (TPSA) is 46.1 Å². The maximum absolute atomic E-state index is 6.40. The summed E-state index contributed by atoms with van der Waals surface area (Å²) in [6.45, 7) is 8.99. The number of hydrogen-bond donors (Lipinski definition) is 2. The van der Waals surface area contributed by atoms with Crippen LogP contribution in [0.4, 0.5) is 5.69 Å². The monoisotopic (exact) mass is 518 g/mol. The van der Waals surface area contributed by atoms with Crippen molar-refractivity contribution in [2.75, 3.05) is 64.3 Å². The van der Waals surface area contributed by atoms with E-state index < -0.39 is 0 Å². The maximum Gasteiger partial charge on any atom is 0.191 e. The van der Waals surface area contributed by atoms with Gasteiger partial charge in [0.15, 0.2) is 5.96 Å². The van der Waals surface area contributed by atoms with Gasteiger partial charge in [0.05, 0.1) is 10.7 Å². The fraction of sp³-hybridized carbons (Fsp3) is 0.650. The van der Waals surface area contributed by atoms with Crippen molar-refractivity contribution in [1.82, 2.24) is 20.4 Å². The van der Waals surface area contributed by atoms with Gasteiger partial charge in [0.25, 0.3) is 0 Å². The van der Waals surface area contributed by atoms with Crippen LogP contribution in [0.15, 0.2) is 29.3 Å². The molecule has 1 aromatic rings. The molecule has 4 saturated heterocycles. The predicted molar refractivity (Wildman–Crippen MR) is 128 cm³/mol. The number of piperazine rings is 3. The van der Waals surface area contributed by atoms with Crippen LogP contribution >= 0.6 is 35.6 Å². The van der Waals surface area contributed by atoms with Crippen molar-refractivity contribution in [2.24, 2.45) is 4.99 Å². The second kappa shape index (κ2) is 10.3. The molecule has 0 spiro atoms. The average molecular weight is 519 g/mol. The molecule has 2 bridgehead atoms. The van der Waals surface area contributed by atoms with Crippen molar-refractivity contribution >= 4 is 47.2 Å². The summed E-state index contributed by atoms with van der Waals surface area (Å²) < 4.78 is 0. The van der Waals surface area contributed by atoms with Crippen LogP contribution < -0.4 is 15.5 Å². The Kier molecular flexibility index (Phi) is 8.08. The van der Waals surface area contributed by atoms with Crippen molar-refractivity contribution in [3.63, 3.8) is 0 Å².